The number of hydrogen-bond acceptors (Lipinski definition) is 2. The van der Waals surface area contributed by atoms with Gasteiger partial charge < -0.3 is 0 Å². The van der Waals surface area contributed by atoms with E-state index in [0.29, 0.717) is 0 Å². The van der Waals surface area contributed by atoms with E-state index in [-0.39, 0.29) is 0 Å². The normalized spacial score (nSPS) is 8.67. The Hall–Kier alpha value is -1.85. The van der Waals surface area contributed by atoms with E-state index >= 15 is 0 Å². The molecule has 0 saturated carbocycles. The summed E-state index contributed by atoms with van der Waals surface area (Å²) in [6, 6.07) is 12.5. The second kappa shape index (κ2) is 5.79. The van der Waals surface area contributed by atoms with Gasteiger partial charge in [0.2, 0.25) is 0 Å². The molecule has 0 spiro atoms. The van der Waals surface area contributed by atoms with Gasteiger partial charge >= 0.3 is 0 Å². The Morgan fingerprint density at radius 1 is 1.13 bits per heavy atom. The fourth-order valence-corrected chi connectivity index (χ4v) is 2.10. The monoisotopic (exact) mass is 213 g/mol. The molecule has 0 bridgehead atoms. The maximum absolute atomic E-state index is 6.50. The predicted molar refractivity (Wildman–Crippen MR) is 66.5 cm³/mol. The number of benzene rings is 1. The largest absolute Gasteiger partial charge is 0.202 e. The van der Waals surface area contributed by atoms with Gasteiger partial charge in [0.15, 0.2) is 0 Å². The summed E-state index contributed by atoms with van der Waals surface area (Å²) in [5, 5.41) is 8.59. The third-order valence-electron chi connectivity index (χ3n) is 1.97. The molecule has 0 N–H and O–H groups in total. The molecule has 2 aromatic rings. The van der Waals surface area contributed by atoms with Crippen LogP contribution < -0.4 is 0 Å². The highest BCUT2D eigenvalue weighted by Crippen LogP contribution is 2.28. The van der Waals surface area contributed by atoms with Gasteiger partial charge in [-0.25, -0.2) is 5.26 Å². The Kier molecular flexibility index (Phi) is 4.33. The number of rotatable bonds is 2. The van der Waals surface area contributed by atoms with Crippen LogP contribution in [0.1, 0.15) is 5.56 Å². The average Bonchev–Trinajstić information content (AvgIpc) is 2.85. The van der Waals surface area contributed by atoms with Crippen molar-refractivity contribution in [3.63, 3.8) is 0 Å². The van der Waals surface area contributed by atoms with E-state index in [1.807, 2.05) is 12.1 Å². The summed E-state index contributed by atoms with van der Waals surface area (Å²) in [7, 11) is 0. The molecular weight excluding hydrogens is 202 g/mol. The molecule has 2 rings (SSSR count). The van der Waals surface area contributed by atoms with Crippen molar-refractivity contribution in [1.29, 1.82) is 5.26 Å². The van der Waals surface area contributed by atoms with Crippen molar-refractivity contribution in [3.05, 3.63) is 53.9 Å². The topological polar surface area (TPSA) is 23.8 Å². The van der Waals surface area contributed by atoms with Crippen molar-refractivity contribution in [2.24, 2.45) is 0 Å². The molecule has 2 heteroatoms. The minimum atomic E-state index is 1.20. The summed E-state index contributed by atoms with van der Waals surface area (Å²) in [6.07, 6.45) is 1.90. The van der Waals surface area contributed by atoms with Gasteiger partial charge in [-0.3, -0.25) is 0 Å². The lowest BCUT2D eigenvalue weighted by atomic mass is 10.1. The maximum atomic E-state index is 6.50. The molecule has 0 amide bonds. The van der Waals surface area contributed by atoms with Crippen LogP contribution >= 0.6 is 11.3 Å². The zero-order valence-corrected chi connectivity index (χ0v) is 9.08. The molecule has 0 unspecified atom stereocenters. The minimum absolute atomic E-state index is 1.20. The van der Waals surface area contributed by atoms with Crippen molar-refractivity contribution < 1.29 is 0 Å². The van der Waals surface area contributed by atoms with Gasteiger partial charge in [0.1, 0.15) is 0 Å². The van der Waals surface area contributed by atoms with Crippen LogP contribution in [0.15, 0.2) is 48.4 Å². The molecule has 0 aliphatic heterocycles. The van der Waals surface area contributed by atoms with E-state index in [9.17, 15) is 0 Å². The van der Waals surface area contributed by atoms with Gasteiger partial charge in [-0.05, 0) is 22.6 Å². The van der Waals surface area contributed by atoms with Crippen molar-refractivity contribution in [2.45, 2.75) is 0 Å². The summed E-state index contributed by atoms with van der Waals surface area (Å²) in [4.78, 5) is 1.30. The number of thiophene rings is 1. The fourth-order valence-electron chi connectivity index (χ4n) is 1.33. The number of nitriles is 1. The van der Waals surface area contributed by atoms with E-state index < -0.39 is 0 Å². The molecule has 1 aromatic carbocycles. The Morgan fingerprint density at radius 2 is 1.87 bits per heavy atom. The van der Waals surface area contributed by atoms with Crippen molar-refractivity contribution in [2.75, 3.05) is 0 Å². The third kappa shape index (κ3) is 2.55. The third-order valence-corrected chi connectivity index (χ3v) is 2.87. The van der Waals surface area contributed by atoms with Gasteiger partial charge in [-0.2, -0.15) is 0 Å². The van der Waals surface area contributed by atoms with Crippen LogP contribution in [0.5, 0.6) is 0 Å². The van der Waals surface area contributed by atoms with E-state index in [4.69, 9.17) is 5.26 Å². The highest BCUT2D eigenvalue weighted by Gasteiger charge is 2.01. The molecule has 1 heterocycles. The number of nitrogens with zero attached hydrogens (tertiary/aromatic N) is 1. The zero-order valence-electron chi connectivity index (χ0n) is 8.26. The fraction of sp³-hybridized carbons (Fsp3) is 0. The molecule has 0 saturated heterocycles. The Labute approximate surface area is 93.9 Å². The maximum Gasteiger partial charge on any atom is 0.0462 e. The Bertz CT molecular complexity index is 441. The standard InChI is InChI=1S/C12H10S.CHN/c1-2-10-6-3-4-7-11(10)12-8-5-9-13-12;1-2/h2-9H,1H2;1H. The molecule has 0 aliphatic rings. The predicted octanol–water partition coefficient (Wildman–Crippen LogP) is 4.20. The SMILES string of the molecule is C#N.C=Cc1ccccc1-c1cccs1. The van der Waals surface area contributed by atoms with Gasteiger partial charge in [-0.15, -0.1) is 11.3 Å². The first-order valence-corrected chi connectivity index (χ1v) is 5.31. The quantitative estimate of drug-likeness (QED) is 0.733. The summed E-state index contributed by atoms with van der Waals surface area (Å²) in [5.41, 5.74) is 2.47. The van der Waals surface area contributed by atoms with Crippen molar-refractivity contribution in [3.8, 4) is 17.0 Å². The van der Waals surface area contributed by atoms with Crippen LogP contribution in [-0.2, 0) is 0 Å². The van der Waals surface area contributed by atoms with Crippen molar-refractivity contribution in [1.82, 2.24) is 0 Å². The zero-order chi connectivity index (χ0) is 11.1. The van der Waals surface area contributed by atoms with E-state index in [2.05, 4.69) is 48.9 Å². The molecule has 0 fully saturated rings. The van der Waals surface area contributed by atoms with Gasteiger partial charge in [0.25, 0.3) is 0 Å². The Morgan fingerprint density at radius 3 is 2.47 bits per heavy atom. The van der Waals surface area contributed by atoms with Crippen molar-refractivity contribution >= 4 is 17.4 Å². The van der Waals surface area contributed by atoms with Crippen LogP contribution in [0.4, 0.5) is 0 Å². The molecule has 1 nitrogen and oxygen atoms in total. The highest BCUT2D eigenvalue weighted by atomic mass is 32.1. The second-order valence-electron chi connectivity index (χ2n) is 2.77. The molecule has 15 heavy (non-hydrogen) atoms. The van der Waals surface area contributed by atoms with Crippen LogP contribution in [0, 0.1) is 11.8 Å². The molecule has 0 aliphatic carbocycles. The van der Waals surface area contributed by atoms with E-state index in [1.165, 1.54) is 16.0 Å². The van der Waals surface area contributed by atoms with Gasteiger partial charge in [0, 0.05) is 11.4 Å². The molecular formula is C13H11NS. The van der Waals surface area contributed by atoms with Crippen LogP contribution in [0.2, 0.25) is 0 Å². The molecule has 0 atom stereocenters. The second-order valence-corrected chi connectivity index (χ2v) is 3.72. The lowest BCUT2D eigenvalue weighted by molar-refractivity contribution is 1.58. The molecule has 1 aromatic heterocycles. The van der Waals surface area contributed by atoms with E-state index in [0.717, 1.165) is 0 Å². The molecule has 0 radical (unpaired) electrons. The Balaban J connectivity index is 0.000000531. The first kappa shape index (κ1) is 11.2. The summed E-state index contributed by atoms with van der Waals surface area (Å²) < 4.78 is 0. The van der Waals surface area contributed by atoms with E-state index in [1.54, 1.807) is 11.3 Å². The van der Waals surface area contributed by atoms with Crippen LogP contribution in [0.3, 0.4) is 0 Å². The minimum Gasteiger partial charge on any atom is -0.202 e. The van der Waals surface area contributed by atoms with Crippen LogP contribution in [0.25, 0.3) is 16.5 Å². The average molecular weight is 213 g/mol. The van der Waals surface area contributed by atoms with Gasteiger partial charge in [-0.1, -0.05) is 43.0 Å². The highest BCUT2D eigenvalue weighted by molar-refractivity contribution is 7.13. The first-order chi connectivity index (χ1) is 7.42. The lowest BCUT2D eigenvalue weighted by Gasteiger charge is -2.01. The lowest BCUT2D eigenvalue weighted by Crippen LogP contribution is -1.77. The summed E-state index contributed by atoms with van der Waals surface area (Å²) in [5.74, 6) is 0. The van der Waals surface area contributed by atoms with Gasteiger partial charge in [0.05, 0.1) is 0 Å². The molecule has 74 valence electrons. The summed E-state index contributed by atoms with van der Waals surface area (Å²) >= 11 is 1.76. The van der Waals surface area contributed by atoms with Crippen LogP contribution in [-0.4, -0.2) is 0 Å². The smallest absolute Gasteiger partial charge is 0.0462 e. The summed E-state index contributed by atoms with van der Waals surface area (Å²) in [6.45, 7) is 7.31. The number of hydrogen-bond donors (Lipinski definition) is 0. The first-order valence-electron chi connectivity index (χ1n) is 4.43.